The Morgan fingerprint density at radius 3 is 2.17 bits per heavy atom. The van der Waals surface area contributed by atoms with Crippen LogP contribution < -0.4 is 10.6 Å². The van der Waals surface area contributed by atoms with Crippen molar-refractivity contribution in [3.05, 3.63) is 0 Å². The maximum atomic E-state index is 11.2. The first-order chi connectivity index (χ1) is 11.2. The fourth-order valence-corrected chi connectivity index (χ4v) is 2.09. The van der Waals surface area contributed by atoms with E-state index in [0.29, 0.717) is 13.0 Å². The molecule has 0 unspecified atom stereocenters. The number of esters is 1. The first-order valence-electron chi connectivity index (χ1n) is 8.92. The second-order valence-corrected chi connectivity index (χ2v) is 5.30. The van der Waals surface area contributed by atoms with E-state index in [1.807, 2.05) is 13.8 Å². The summed E-state index contributed by atoms with van der Waals surface area (Å²) in [5.41, 5.74) is 0. The van der Waals surface area contributed by atoms with Gasteiger partial charge in [0.05, 0.1) is 6.61 Å². The van der Waals surface area contributed by atoms with Crippen LogP contribution in [0.15, 0.2) is 4.99 Å². The lowest BCUT2D eigenvalue weighted by molar-refractivity contribution is -0.143. The van der Waals surface area contributed by atoms with Crippen molar-refractivity contribution in [3.8, 4) is 0 Å². The van der Waals surface area contributed by atoms with E-state index in [4.69, 9.17) is 9.47 Å². The minimum Gasteiger partial charge on any atom is -0.466 e. The molecule has 0 aliphatic carbocycles. The lowest BCUT2D eigenvalue weighted by Crippen LogP contribution is -2.38. The Morgan fingerprint density at radius 2 is 1.57 bits per heavy atom. The molecule has 0 bridgehead atoms. The van der Waals surface area contributed by atoms with Gasteiger partial charge in [-0.2, -0.15) is 0 Å². The number of guanidine groups is 1. The van der Waals surface area contributed by atoms with Gasteiger partial charge in [0.2, 0.25) is 0 Å². The molecule has 136 valence electrons. The van der Waals surface area contributed by atoms with Crippen LogP contribution in [0.4, 0.5) is 0 Å². The molecule has 0 aliphatic rings. The maximum absolute atomic E-state index is 11.2. The lowest BCUT2D eigenvalue weighted by atomic mass is 10.1. The Bertz CT molecular complexity index is 309. The third-order valence-electron chi connectivity index (χ3n) is 3.34. The summed E-state index contributed by atoms with van der Waals surface area (Å²) in [6.45, 7) is 7.75. The summed E-state index contributed by atoms with van der Waals surface area (Å²) in [5.74, 6) is 0.771. The predicted molar refractivity (Wildman–Crippen MR) is 94.8 cm³/mol. The summed E-state index contributed by atoms with van der Waals surface area (Å²) in [6, 6.07) is 0. The molecule has 0 spiro atoms. The summed E-state index contributed by atoms with van der Waals surface area (Å²) < 4.78 is 10.2. The van der Waals surface area contributed by atoms with Gasteiger partial charge in [-0.3, -0.25) is 9.79 Å². The van der Waals surface area contributed by atoms with E-state index in [-0.39, 0.29) is 5.97 Å². The van der Waals surface area contributed by atoms with Crippen LogP contribution in [0.2, 0.25) is 0 Å². The van der Waals surface area contributed by atoms with Crippen molar-refractivity contribution in [1.29, 1.82) is 0 Å². The van der Waals surface area contributed by atoms with E-state index in [1.54, 1.807) is 7.05 Å². The zero-order valence-corrected chi connectivity index (χ0v) is 15.2. The maximum Gasteiger partial charge on any atom is 0.305 e. The van der Waals surface area contributed by atoms with Crippen molar-refractivity contribution >= 4 is 11.9 Å². The molecule has 0 saturated carbocycles. The molecule has 0 heterocycles. The Kier molecular flexibility index (Phi) is 16.1. The van der Waals surface area contributed by atoms with Gasteiger partial charge in [-0.05, 0) is 39.5 Å². The third-order valence-corrected chi connectivity index (χ3v) is 3.34. The fraction of sp³-hybridized carbons (Fsp3) is 0.882. The Balaban J connectivity index is 3.42. The molecule has 0 saturated heterocycles. The molecule has 0 fully saturated rings. The molecule has 0 atom stereocenters. The van der Waals surface area contributed by atoms with Gasteiger partial charge in [0, 0.05) is 39.8 Å². The SMILES string of the molecule is CCOCCCCNC(=NC)NCCCCCCC(=O)OCC. The van der Waals surface area contributed by atoms with Gasteiger partial charge in [-0.25, -0.2) is 0 Å². The minimum atomic E-state index is -0.0837. The number of hydrogen-bond donors (Lipinski definition) is 2. The zero-order valence-electron chi connectivity index (χ0n) is 15.2. The summed E-state index contributed by atoms with van der Waals surface area (Å²) in [7, 11) is 1.79. The van der Waals surface area contributed by atoms with E-state index in [0.717, 1.165) is 70.8 Å². The molecule has 0 aromatic rings. The Morgan fingerprint density at radius 1 is 0.913 bits per heavy atom. The summed E-state index contributed by atoms with van der Waals surface area (Å²) >= 11 is 0. The molecule has 0 amide bonds. The van der Waals surface area contributed by atoms with E-state index in [1.165, 1.54) is 0 Å². The molecule has 0 aliphatic heterocycles. The van der Waals surface area contributed by atoms with Gasteiger partial charge in [-0.15, -0.1) is 0 Å². The van der Waals surface area contributed by atoms with Crippen molar-refractivity contribution in [2.24, 2.45) is 4.99 Å². The van der Waals surface area contributed by atoms with E-state index < -0.39 is 0 Å². The van der Waals surface area contributed by atoms with Crippen LogP contribution in [0.3, 0.4) is 0 Å². The Hall–Kier alpha value is -1.30. The molecule has 0 aromatic heterocycles. The number of nitrogens with one attached hydrogen (secondary N) is 2. The number of nitrogens with zero attached hydrogens (tertiary/aromatic N) is 1. The van der Waals surface area contributed by atoms with Crippen molar-refractivity contribution in [1.82, 2.24) is 10.6 Å². The average Bonchev–Trinajstić information content (AvgIpc) is 2.55. The normalized spacial score (nSPS) is 11.3. The van der Waals surface area contributed by atoms with Crippen LogP contribution in [0, 0.1) is 0 Å². The second kappa shape index (κ2) is 17.1. The molecular weight excluding hydrogens is 294 g/mol. The second-order valence-electron chi connectivity index (χ2n) is 5.30. The van der Waals surface area contributed by atoms with Crippen LogP contribution in [-0.4, -0.2) is 51.9 Å². The highest BCUT2D eigenvalue weighted by Crippen LogP contribution is 2.03. The molecule has 0 aromatic carbocycles. The van der Waals surface area contributed by atoms with Gasteiger partial charge in [0.1, 0.15) is 0 Å². The lowest BCUT2D eigenvalue weighted by Gasteiger charge is -2.11. The van der Waals surface area contributed by atoms with Crippen molar-refractivity contribution in [3.63, 3.8) is 0 Å². The van der Waals surface area contributed by atoms with Crippen LogP contribution in [0.25, 0.3) is 0 Å². The Labute approximate surface area is 141 Å². The quantitative estimate of drug-likeness (QED) is 0.222. The summed E-state index contributed by atoms with van der Waals surface area (Å²) in [6.07, 6.45) is 6.83. The van der Waals surface area contributed by atoms with Gasteiger partial charge in [0.15, 0.2) is 5.96 Å². The fourth-order valence-electron chi connectivity index (χ4n) is 2.09. The molecule has 0 radical (unpaired) electrons. The average molecular weight is 329 g/mol. The van der Waals surface area contributed by atoms with Crippen molar-refractivity contribution in [2.45, 2.75) is 58.8 Å². The number of hydrogen-bond acceptors (Lipinski definition) is 4. The highest BCUT2D eigenvalue weighted by Gasteiger charge is 2.01. The first-order valence-corrected chi connectivity index (χ1v) is 8.92. The van der Waals surface area contributed by atoms with E-state index in [9.17, 15) is 4.79 Å². The van der Waals surface area contributed by atoms with Gasteiger partial charge < -0.3 is 20.1 Å². The van der Waals surface area contributed by atoms with Crippen LogP contribution >= 0.6 is 0 Å². The van der Waals surface area contributed by atoms with Gasteiger partial charge in [-0.1, -0.05) is 12.8 Å². The smallest absolute Gasteiger partial charge is 0.305 e. The highest BCUT2D eigenvalue weighted by molar-refractivity contribution is 5.79. The molecular formula is C17H35N3O3. The number of ether oxygens (including phenoxy) is 2. The van der Waals surface area contributed by atoms with Crippen LogP contribution in [0.5, 0.6) is 0 Å². The molecule has 6 nitrogen and oxygen atoms in total. The van der Waals surface area contributed by atoms with Crippen LogP contribution in [-0.2, 0) is 14.3 Å². The van der Waals surface area contributed by atoms with Crippen molar-refractivity contribution in [2.75, 3.05) is 40.0 Å². The monoisotopic (exact) mass is 329 g/mol. The number of unbranched alkanes of at least 4 members (excludes halogenated alkanes) is 4. The van der Waals surface area contributed by atoms with Gasteiger partial charge >= 0.3 is 5.97 Å². The zero-order chi connectivity index (χ0) is 17.2. The number of rotatable bonds is 14. The van der Waals surface area contributed by atoms with Gasteiger partial charge in [0.25, 0.3) is 0 Å². The third kappa shape index (κ3) is 15.4. The van der Waals surface area contributed by atoms with E-state index in [2.05, 4.69) is 15.6 Å². The predicted octanol–water partition coefficient (Wildman–Crippen LogP) is 2.48. The number of carbonyl (C=O) groups is 1. The first kappa shape index (κ1) is 21.7. The molecule has 23 heavy (non-hydrogen) atoms. The highest BCUT2D eigenvalue weighted by atomic mass is 16.5. The summed E-state index contributed by atoms with van der Waals surface area (Å²) in [5, 5.41) is 6.61. The van der Waals surface area contributed by atoms with Crippen molar-refractivity contribution < 1.29 is 14.3 Å². The number of carbonyl (C=O) groups excluding carboxylic acids is 1. The van der Waals surface area contributed by atoms with E-state index >= 15 is 0 Å². The molecule has 0 rings (SSSR count). The number of aliphatic imine (C=N–C) groups is 1. The van der Waals surface area contributed by atoms with Crippen LogP contribution in [0.1, 0.15) is 58.8 Å². The largest absolute Gasteiger partial charge is 0.466 e. The minimum absolute atomic E-state index is 0.0837. The molecule has 6 heteroatoms. The standard InChI is InChI=1S/C17H35N3O3/c1-4-22-15-11-10-14-20-17(18-3)19-13-9-7-6-8-12-16(21)23-5-2/h4-15H2,1-3H3,(H2,18,19,20). The molecule has 2 N–H and O–H groups in total. The summed E-state index contributed by atoms with van der Waals surface area (Å²) in [4.78, 5) is 15.4. The topological polar surface area (TPSA) is 72.0 Å².